The molecule has 0 heterocycles. The number of amides is 1. The van der Waals surface area contributed by atoms with Crippen LogP contribution in [0.4, 0.5) is 0 Å². The molecule has 0 saturated heterocycles. The Morgan fingerprint density at radius 1 is 0.742 bits per heavy atom. The largest absolute Gasteiger partial charge is 0.352 e. The monoisotopic (exact) mass is 412 g/mol. The van der Waals surface area contributed by atoms with Crippen LogP contribution in [0.15, 0.2) is 91.0 Å². The summed E-state index contributed by atoms with van der Waals surface area (Å²) >= 11 is 0. The minimum atomic E-state index is -0.330. The minimum Gasteiger partial charge on any atom is -0.352 e. The van der Waals surface area contributed by atoms with Gasteiger partial charge in [0.25, 0.3) is 0 Å². The summed E-state index contributed by atoms with van der Waals surface area (Å²) in [5.74, 6) is 0.116. The second-order valence-electron chi connectivity index (χ2n) is 8.53. The van der Waals surface area contributed by atoms with Crippen LogP contribution in [0.25, 0.3) is 0 Å². The second kappa shape index (κ2) is 10.9. The topological polar surface area (TPSA) is 32.3 Å². The van der Waals surface area contributed by atoms with Crippen molar-refractivity contribution in [1.29, 1.82) is 0 Å². The van der Waals surface area contributed by atoms with Gasteiger partial charge in [0.1, 0.15) is 6.04 Å². The molecule has 1 saturated carbocycles. The van der Waals surface area contributed by atoms with Crippen LogP contribution in [0.5, 0.6) is 0 Å². The number of carbonyl (C=O) groups excluding carboxylic acids is 1. The highest BCUT2D eigenvalue weighted by molar-refractivity contribution is 5.83. The first-order valence-corrected chi connectivity index (χ1v) is 11.5. The van der Waals surface area contributed by atoms with E-state index in [4.69, 9.17) is 0 Å². The van der Waals surface area contributed by atoms with E-state index in [1.165, 1.54) is 30.4 Å². The SMILES string of the molecule is O=C(NC1CCCCC1)[C@@H](c1ccccc1)N(Cc1ccccc1)Cc1ccccc1. The fraction of sp³-hybridized carbons (Fsp3) is 0.321. The average Bonchev–Trinajstić information content (AvgIpc) is 2.82. The first-order chi connectivity index (χ1) is 15.3. The molecule has 1 N–H and O–H groups in total. The highest BCUT2D eigenvalue weighted by atomic mass is 16.2. The number of nitrogens with zero attached hydrogens (tertiary/aromatic N) is 1. The van der Waals surface area contributed by atoms with E-state index in [0.717, 1.165) is 18.4 Å². The molecule has 1 atom stereocenters. The zero-order valence-corrected chi connectivity index (χ0v) is 18.1. The second-order valence-corrected chi connectivity index (χ2v) is 8.53. The highest BCUT2D eigenvalue weighted by Crippen LogP contribution is 2.27. The predicted molar refractivity (Wildman–Crippen MR) is 126 cm³/mol. The highest BCUT2D eigenvalue weighted by Gasteiger charge is 2.30. The molecular weight excluding hydrogens is 380 g/mol. The molecule has 3 heteroatoms. The lowest BCUT2D eigenvalue weighted by Gasteiger charge is -2.33. The Balaban J connectivity index is 1.65. The van der Waals surface area contributed by atoms with E-state index in [9.17, 15) is 4.79 Å². The van der Waals surface area contributed by atoms with Crippen molar-refractivity contribution in [2.45, 2.75) is 57.3 Å². The fourth-order valence-corrected chi connectivity index (χ4v) is 4.56. The fourth-order valence-electron chi connectivity index (χ4n) is 4.56. The van der Waals surface area contributed by atoms with E-state index in [0.29, 0.717) is 19.1 Å². The van der Waals surface area contributed by atoms with Gasteiger partial charge in [0.15, 0.2) is 0 Å². The third kappa shape index (κ3) is 6.05. The number of benzene rings is 3. The van der Waals surface area contributed by atoms with Gasteiger partial charge < -0.3 is 5.32 Å². The van der Waals surface area contributed by atoms with Crippen LogP contribution in [0.1, 0.15) is 54.8 Å². The standard InChI is InChI=1S/C28H32N2O/c31-28(29-26-19-11-4-12-20-26)27(25-17-9-3-10-18-25)30(21-23-13-5-1-6-14-23)22-24-15-7-2-8-16-24/h1-3,5-10,13-18,26-27H,4,11-12,19-22H2,(H,29,31)/t27-/m1/s1. The molecule has 0 bridgehead atoms. The van der Waals surface area contributed by atoms with Gasteiger partial charge in [-0.15, -0.1) is 0 Å². The molecule has 4 rings (SSSR count). The van der Waals surface area contributed by atoms with Crippen molar-refractivity contribution < 1.29 is 4.79 Å². The van der Waals surface area contributed by atoms with Gasteiger partial charge in [-0.2, -0.15) is 0 Å². The molecule has 0 aromatic heterocycles. The summed E-state index contributed by atoms with van der Waals surface area (Å²) < 4.78 is 0. The van der Waals surface area contributed by atoms with Crippen LogP contribution in [0, 0.1) is 0 Å². The molecule has 1 aliphatic carbocycles. The van der Waals surface area contributed by atoms with Gasteiger partial charge in [0.2, 0.25) is 5.91 Å². The lowest BCUT2D eigenvalue weighted by atomic mass is 9.94. The van der Waals surface area contributed by atoms with Crippen LogP contribution in [0.2, 0.25) is 0 Å². The van der Waals surface area contributed by atoms with Crippen molar-refractivity contribution in [2.75, 3.05) is 0 Å². The van der Waals surface area contributed by atoms with Crippen LogP contribution in [0.3, 0.4) is 0 Å². The molecule has 160 valence electrons. The van der Waals surface area contributed by atoms with Crippen LogP contribution in [-0.4, -0.2) is 16.8 Å². The van der Waals surface area contributed by atoms with E-state index >= 15 is 0 Å². The summed E-state index contributed by atoms with van der Waals surface area (Å²) in [7, 11) is 0. The Hall–Kier alpha value is -2.91. The quantitative estimate of drug-likeness (QED) is 0.501. The van der Waals surface area contributed by atoms with E-state index < -0.39 is 0 Å². The van der Waals surface area contributed by atoms with Gasteiger partial charge in [-0.25, -0.2) is 0 Å². The van der Waals surface area contributed by atoms with Gasteiger partial charge in [0.05, 0.1) is 0 Å². The normalized spacial score (nSPS) is 15.5. The van der Waals surface area contributed by atoms with Crippen molar-refractivity contribution in [2.24, 2.45) is 0 Å². The van der Waals surface area contributed by atoms with E-state index in [2.05, 4.69) is 70.9 Å². The van der Waals surface area contributed by atoms with Gasteiger partial charge in [-0.3, -0.25) is 9.69 Å². The lowest BCUT2D eigenvalue weighted by molar-refractivity contribution is -0.128. The molecule has 0 aliphatic heterocycles. The minimum absolute atomic E-state index is 0.116. The molecule has 1 aliphatic rings. The summed E-state index contributed by atoms with van der Waals surface area (Å²) in [4.78, 5) is 16.0. The maximum Gasteiger partial charge on any atom is 0.242 e. The summed E-state index contributed by atoms with van der Waals surface area (Å²) in [6.07, 6.45) is 5.87. The number of nitrogens with one attached hydrogen (secondary N) is 1. The number of carbonyl (C=O) groups is 1. The summed E-state index contributed by atoms with van der Waals surface area (Å²) in [5, 5.41) is 3.39. The van der Waals surface area contributed by atoms with Crippen LogP contribution < -0.4 is 5.32 Å². The molecule has 0 radical (unpaired) electrons. The molecular formula is C28H32N2O. The van der Waals surface area contributed by atoms with Crippen molar-refractivity contribution in [1.82, 2.24) is 10.2 Å². The van der Waals surface area contributed by atoms with E-state index in [1.54, 1.807) is 0 Å². The maximum absolute atomic E-state index is 13.7. The molecule has 0 spiro atoms. The molecule has 3 nitrogen and oxygen atoms in total. The van der Waals surface area contributed by atoms with Crippen molar-refractivity contribution in [3.63, 3.8) is 0 Å². The molecule has 3 aromatic carbocycles. The Labute approximate surface area is 186 Å². The molecule has 0 unspecified atom stereocenters. The zero-order valence-electron chi connectivity index (χ0n) is 18.1. The zero-order chi connectivity index (χ0) is 21.3. The van der Waals surface area contributed by atoms with E-state index in [-0.39, 0.29) is 11.9 Å². The molecule has 31 heavy (non-hydrogen) atoms. The van der Waals surface area contributed by atoms with Crippen molar-refractivity contribution in [3.8, 4) is 0 Å². The Bertz CT molecular complexity index is 880. The van der Waals surface area contributed by atoms with Crippen LogP contribution >= 0.6 is 0 Å². The Morgan fingerprint density at radius 3 is 1.74 bits per heavy atom. The van der Waals surface area contributed by atoms with Crippen LogP contribution in [-0.2, 0) is 17.9 Å². The molecule has 1 amide bonds. The van der Waals surface area contributed by atoms with Gasteiger partial charge >= 0.3 is 0 Å². The van der Waals surface area contributed by atoms with Gasteiger partial charge in [0, 0.05) is 19.1 Å². The predicted octanol–water partition coefficient (Wildman–Crippen LogP) is 5.88. The van der Waals surface area contributed by atoms with Gasteiger partial charge in [-0.05, 0) is 29.5 Å². The molecule has 1 fully saturated rings. The molecule has 3 aromatic rings. The Kier molecular flexibility index (Phi) is 7.51. The van der Waals surface area contributed by atoms with Gasteiger partial charge in [-0.1, -0.05) is 110 Å². The third-order valence-corrected chi connectivity index (χ3v) is 6.14. The van der Waals surface area contributed by atoms with Crippen molar-refractivity contribution in [3.05, 3.63) is 108 Å². The van der Waals surface area contributed by atoms with Crippen molar-refractivity contribution >= 4 is 5.91 Å². The lowest BCUT2D eigenvalue weighted by Crippen LogP contribution is -2.44. The maximum atomic E-state index is 13.7. The first-order valence-electron chi connectivity index (χ1n) is 11.5. The summed E-state index contributed by atoms with van der Waals surface area (Å²) in [6.45, 7) is 1.43. The third-order valence-electron chi connectivity index (χ3n) is 6.14. The first kappa shape index (κ1) is 21.3. The average molecular weight is 413 g/mol. The van der Waals surface area contributed by atoms with E-state index in [1.807, 2.05) is 30.3 Å². The Morgan fingerprint density at radius 2 is 1.23 bits per heavy atom. The number of rotatable bonds is 8. The number of hydrogen-bond donors (Lipinski definition) is 1. The smallest absolute Gasteiger partial charge is 0.242 e. The summed E-state index contributed by atoms with van der Waals surface area (Å²) in [5.41, 5.74) is 3.47. The number of hydrogen-bond acceptors (Lipinski definition) is 2. The summed E-state index contributed by atoms with van der Waals surface area (Å²) in [6, 6.07) is 31.1.